The predicted octanol–water partition coefficient (Wildman–Crippen LogP) is 5.16. The van der Waals surface area contributed by atoms with E-state index in [1.165, 1.54) is 28.8 Å². The van der Waals surface area contributed by atoms with Gasteiger partial charge in [0.25, 0.3) is 5.91 Å². The molecule has 156 valence electrons. The highest BCUT2D eigenvalue weighted by Crippen LogP contribution is 2.31. The summed E-state index contributed by atoms with van der Waals surface area (Å²) in [6.07, 6.45) is 3.77. The van der Waals surface area contributed by atoms with Gasteiger partial charge in [-0.3, -0.25) is 14.2 Å². The molecule has 0 aliphatic heterocycles. The number of carbonyl (C=O) groups is 2. The van der Waals surface area contributed by atoms with Crippen molar-refractivity contribution in [2.75, 3.05) is 0 Å². The van der Waals surface area contributed by atoms with Gasteiger partial charge in [-0.15, -0.1) is 0 Å². The van der Waals surface area contributed by atoms with Crippen LogP contribution in [0.4, 0.5) is 4.39 Å². The lowest BCUT2D eigenvalue weighted by molar-refractivity contribution is -0.147. The van der Waals surface area contributed by atoms with Crippen molar-refractivity contribution < 1.29 is 23.8 Å². The molecule has 0 bridgehead atoms. The first-order valence-electron chi connectivity index (χ1n) is 9.87. The Hall–Kier alpha value is -2.86. The molecule has 7 heteroatoms. The molecule has 1 aliphatic rings. The fraction of sp³-hybridized carbons (Fsp3) is 0.304. The van der Waals surface area contributed by atoms with Gasteiger partial charge in [0, 0.05) is 16.6 Å². The number of rotatable bonds is 4. The molecule has 5 nitrogen and oxygen atoms in total. The van der Waals surface area contributed by atoms with Gasteiger partial charge in [0.1, 0.15) is 17.7 Å². The Balaban J connectivity index is 1.75. The molecule has 0 spiro atoms. The van der Waals surface area contributed by atoms with Crippen LogP contribution in [0.25, 0.3) is 10.9 Å². The average molecular weight is 430 g/mol. The number of esters is 1. The Morgan fingerprint density at radius 1 is 1.20 bits per heavy atom. The fourth-order valence-corrected chi connectivity index (χ4v) is 4.21. The number of benzene rings is 2. The first-order valence-corrected chi connectivity index (χ1v) is 10.2. The molecular formula is C23H21ClFNO4. The molecule has 30 heavy (non-hydrogen) atoms. The van der Waals surface area contributed by atoms with Crippen LogP contribution in [0.5, 0.6) is 5.75 Å². The first-order chi connectivity index (χ1) is 14.3. The summed E-state index contributed by atoms with van der Waals surface area (Å²) < 4.78 is 20.9. The number of aromatic nitrogens is 1. The van der Waals surface area contributed by atoms with Crippen LogP contribution >= 0.6 is 11.6 Å². The first kappa shape index (κ1) is 20.4. The topological polar surface area (TPSA) is 68.5 Å². The zero-order chi connectivity index (χ0) is 21.4. The lowest BCUT2D eigenvalue weighted by atomic mass is 10.1. The maximum Gasteiger partial charge on any atom is 0.310 e. The number of ether oxygens (including phenoxy) is 1. The van der Waals surface area contributed by atoms with Gasteiger partial charge >= 0.3 is 5.97 Å². The van der Waals surface area contributed by atoms with E-state index in [1.54, 1.807) is 13.0 Å². The predicted molar refractivity (Wildman–Crippen MR) is 112 cm³/mol. The molecule has 1 N–H and O–H groups in total. The highest BCUT2D eigenvalue weighted by Gasteiger charge is 2.25. The van der Waals surface area contributed by atoms with Crippen LogP contribution in [-0.2, 0) is 16.0 Å². The Morgan fingerprint density at radius 2 is 1.93 bits per heavy atom. The minimum Gasteiger partial charge on any atom is -0.508 e. The van der Waals surface area contributed by atoms with E-state index in [4.69, 9.17) is 16.3 Å². The van der Waals surface area contributed by atoms with Gasteiger partial charge in [-0.2, -0.15) is 0 Å². The zero-order valence-electron chi connectivity index (χ0n) is 16.5. The molecule has 1 aliphatic carbocycles. The third kappa shape index (κ3) is 3.79. The molecule has 1 saturated carbocycles. The van der Waals surface area contributed by atoms with Crippen LogP contribution in [0.3, 0.4) is 0 Å². The monoisotopic (exact) mass is 429 g/mol. The summed E-state index contributed by atoms with van der Waals surface area (Å²) in [7, 11) is 0. The second-order valence-corrected chi connectivity index (χ2v) is 8.02. The van der Waals surface area contributed by atoms with Crippen LogP contribution in [0.15, 0.2) is 36.4 Å². The lowest BCUT2D eigenvalue weighted by Gasteiger charge is -2.11. The van der Waals surface area contributed by atoms with E-state index in [1.807, 2.05) is 0 Å². The van der Waals surface area contributed by atoms with Crippen LogP contribution in [0.2, 0.25) is 5.02 Å². The number of carbonyl (C=O) groups excluding carboxylic acids is 2. The number of hydrogen-bond donors (Lipinski definition) is 1. The molecule has 3 aromatic rings. The van der Waals surface area contributed by atoms with Gasteiger partial charge in [-0.25, -0.2) is 4.39 Å². The molecule has 0 unspecified atom stereocenters. The molecule has 1 aromatic heterocycles. The van der Waals surface area contributed by atoms with Crippen molar-refractivity contribution in [1.82, 2.24) is 4.57 Å². The summed E-state index contributed by atoms with van der Waals surface area (Å²) in [6.45, 7) is 1.72. The van der Waals surface area contributed by atoms with Crippen molar-refractivity contribution in [3.63, 3.8) is 0 Å². The molecule has 0 atom stereocenters. The number of phenols is 1. The molecule has 0 saturated heterocycles. The largest absolute Gasteiger partial charge is 0.508 e. The Labute approximate surface area is 178 Å². The molecule has 1 fully saturated rings. The molecular weight excluding hydrogens is 409 g/mol. The van der Waals surface area contributed by atoms with E-state index < -0.39 is 11.7 Å². The van der Waals surface area contributed by atoms with Gasteiger partial charge in [0.15, 0.2) is 0 Å². The molecule has 0 amide bonds. The Morgan fingerprint density at radius 3 is 2.63 bits per heavy atom. The normalized spacial score (nSPS) is 14.4. The second kappa shape index (κ2) is 8.11. The second-order valence-electron chi connectivity index (χ2n) is 7.61. The minimum atomic E-state index is -0.686. The maximum atomic E-state index is 13.9. The van der Waals surface area contributed by atoms with Crippen LogP contribution < -0.4 is 0 Å². The number of aromatic hydroxyl groups is 1. The highest BCUT2D eigenvalue weighted by atomic mass is 35.5. The van der Waals surface area contributed by atoms with E-state index in [9.17, 15) is 19.1 Å². The molecule has 0 radical (unpaired) electrons. The van der Waals surface area contributed by atoms with Crippen LogP contribution in [0.1, 0.15) is 47.3 Å². The summed E-state index contributed by atoms with van der Waals surface area (Å²) >= 11 is 5.73. The van der Waals surface area contributed by atoms with Gasteiger partial charge in [-0.1, -0.05) is 11.6 Å². The summed E-state index contributed by atoms with van der Waals surface area (Å²) in [5.74, 6) is -1.48. The summed E-state index contributed by atoms with van der Waals surface area (Å²) in [6, 6.07) is 8.46. The molecule has 2 aromatic carbocycles. The van der Waals surface area contributed by atoms with Crippen molar-refractivity contribution in [3.05, 3.63) is 64.1 Å². The summed E-state index contributed by atoms with van der Waals surface area (Å²) in [5, 5.41) is 10.5. The zero-order valence-corrected chi connectivity index (χ0v) is 17.2. The quantitative estimate of drug-likeness (QED) is 0.581. The van der Waals surface area contributed by atoms with Crippen molar-refractivity contribution in [2.45, 2.75) is 45.1 Å². The maximum absolute atomic E-state index is 13.9. The van der Waals surface area contributed by atoms with Gasteiger partial charge < -0.3 is 9.84 Å². The number of phenolic OH excluding ortho intramolecular Hbond substituents is 1. The van der Waals surface area contributed by atoms with Gasteiger partial charge in [-0.05, 0) is 74.6 Å². The number of fused-ring (bicyclic) bond motifs is 1. The summed E-state index contributed by atoms with van der Waals surface area (Å²) in [4.78, 5) is 25.7. The Bertz CT molecular complexity index is 1150. The highest BCUT2D eigenvalue weighted by molar-refractivity contribution is 6.30. The van der Waals surface area contributed by atoms with E-state index in [0.29, 0.717) is 22.2 Å². The van der Waals surface area contributed by atoms with E-state index in [0.717, 1.165) is 31.7 Å². The van der Waals surface area contributed by atoms with Crippen LogP contribution in [0, 0.1) is 12.7 Å². The van der Waals surface area contributed by atoms with Crippen molar-refractivity contribution >= 4 is 34.4 Å². The van der Waals surface area contributed by atoms with Crippen molar-refractivity contribution in [3.8, 4) is 5.75 Å². The smallest absolute Gasteiger partial charge is 0.310 e. The standard InChI is InChI=1S/C23H21ClFNO4/c1-13-17(12-22(28)30-16-4-2-3-5-16)18-11-15(27)7-9-21(18)26(13)23(29)14-6-8-19(24)20(25)10-14/h6-11,16,27H,2-5,12H2,1H3. The molecule has 1 heterocycles. The van der Waals surface area contributed by atoms with Crippen LogP contribution in [-0.4, -0.2) is 27.7 Å². The number of halogens is 2. The van der Waals surface area contributed by atoms with E-state index in [2.05, 4.69) is 0 Å². The summed E-state index contributed by atoms with van der Waals surface area (Å²) in [5.41, 5.74) is 1.80. The number of nitrogens with zero attached hydrogens (tertiary/aromatic N) is 1. The van der Waals surface area contributed by atoms with E-state index >= 15 is 0 Å². The number of hydrogen-bond acceptors (Lipinski definition) is 4. The minimum absolute atomic E-state index is 0.0163. The third-order valence-electron chi connectivity index (χ3n) is 5.61. The van der Waals surface area contributed by atoms with Crippen molar-refractivity contribution in [1.29, 1.82) is 0 Å². The average Bonchev–Trinajstić information content (AvgIpc) is 3.30. The SMILES string of the molecule is Cc1c(CC(=O)OC2CCCC2)c2cc(O)ccc2n1C(=O)c1ccc(Cl)c(F)c1. The fourth-order valence-electron chi connectivity index (χ4n) is 4.09. The molecule has 4 rings (SSSR count). The van der Waals surface area contributed by atoms with E-state index in [-0.39, 0.29) is 34.8 Å². The third-order valence-corrected chi connectivity index (χ3v) is 5.92. The van der Waals surface area contributed by atoms with Crippen molar-refractivity contribution in [2.24, 2.45) is 0 Å². The van der Waals surface area contributed by atoms with Gasteiger partial charge in [0.05, 0.1) is 17.0 Å². The van der Waals surface area contributed by atoms with Gasteiger partial charge in [0.2, 0.25) is 0 Å². The lowest BCUT2D eigenvalue weighted by Crippen LogP contribution is -2.17. The Kier molecular flexibility index (Phi) is 5.52.